The van der Waals surface area contributed by atoms with E-state index in [2.05, 4.69) is 4.98 Å². The number of amides is 1. The van der Waals surface area contributed by atoms with Crippen LogP contribution in [0.5, 0.6) is 0 Å². The standard InChI is InChI=1S/C20H18FN3O3S/c1-23-19-5-3-14(8-12(19)9-20(23)25)28(26,27)24-7-6-18-16(11-24)15-10-13(21)2-4-17(15)22-18/h2-5,8,10,22H,6-7,9,11H2,1H3. The van der Waals surface area contributed by atoms with Crippen molar-refractivity contribution in [2.45, 2.75) is 24.3 Å². The summed E-state index contributed by atoms with van der Waals surface area (Å²) in [4.78, 5) is 16.9. The molecule has 0 bridgehead atoms. The number of sulfonamides is 1. The fourth-order valence-electron chi connectivity index (χ4n) is 4.12. The molecule has 8 heteroatoms. The van der Waals surface area contributed by atoms with Gasteiger partial charge in [0.2, 0.25) is 15.9 Å². The van der Waals surface area contributed by atoms with Gasteiger partial charge in [-0.1, -0.05) is 0 Å². The molecule has 2 aliphatic heterocycles. The fourth-order valence-corrected chi connectivity index (χ4v) is 5.58. The van der Waals surface area contributed by atoms with Crippen molar-refractivity contribution in [3.63, 3.8) is 0 Å². The predicted molar refractivity (Wildman–Crippen MR) is 103 cm³/mol. The van der Waals surface area contributed by atoms with Crippen LogP contribution in [0.15, 0.2) is 41.3 Å². The van der Waals surface area contributed by atoms with Gasteiger partial charge in [0.25, 0.3) is 0 Å². The Kier molecular flexibility index (Phi) is 3.66. The minimum absolute atomic E-state index is 0.0482. The highest BCUT2D eigenvalue weighted by Gasteiger charge is 2.32. The van der Waals surface area contributed by atoms with Crippen LogP contribution >= 0.6 is 0 Å². The Morgan fingerprint density at radius 1 is 1.14 bits per heavy atom. The molecule has 5 rings (SSSR count). The zero-order valence-electron chi connectivity index (χ0n) is 15.2. The number of carbonyl (C=O) groups excluding carboxylic acids is 1. The molecule has 1 aromatic heterocycles. The lowest BCUT2D eigenvalue weighted by Crippen LogP contribution is -2.35. The topological polar surface area (TPSA) is 73.5 Å². The summed E-state index contributed by atoms with van der Waals surface area (Å²) in [5, 5.41) is 0.719. The van der Waals surface area contributed by atoms with E-state index in [-0.39, 0.29) is 29.6 Å². The van der Waals surface area contributed by atoms with Gasteiger partial charge in [0.1, 0.15) is 5.82 Å². The van der Waals surface area contributed by atoms with Crippen molar-refractivity contribution >= 4 is 32.5 Å². The van der Waals surface area contributed by atoms with Gasteiger partial charge >= 0.3 is 0 Å². The predicted octanol–water partition coefficient (Wildman–Crippen LogP) is 2.57. The maximum absolute atomic E-state index is 13.7. The second kappa shape index (κ2) is 5.89. The zero-order valence-corrected chi connectivity index (χ0v) is 16.0. The van der Waals surface area contributed by atoms with Crippen LogP contribution in [0.3, 0.4) is 0 Å². The molecule has 0 unspecified atom stereocenters. The number of fused-ring (bicyclic) bond motifs is 4. The molecule has 2 aliphatic rings. The van der Waals surface area contributed by atoms with Crippen LogP contribution in [0.25, 0.3) is 10.9 Å². The number of carbonyl (C=O) groups is 1. The quantitative estimate of drug-likeness (QED) is 0.720. The van der Waals surface area contributed by atoms with Gasteiger partial charge in [-0.2, -0.15) is 4.31 Å². The van der Waals surface area contributed by atoms with Crippen LogP contribution < -0.4 is 4.90 Å². The zero-order chi connectivity index (χ0) is 19.6. The first-order valence-electron chi connectivity index (χ1n) is 9.03. The second-order valence-corrected chi connectivity index (χ2v) is 9.22. The van der Waals surface area contributed by atoms with Crippen LogP contribution in [-0.4, -0.2) is 37.2 Å². The molecule has 2 aromatic carbocycles. The molecule has 0 aliphatic carbocycles. The minimum atomic E-state index is -3.72. The first-order valence-corrected chi connectivity index (χ1v) is 10.5. The van der Waals surface area contributed by atoms with Crippen LogP contribution in [0, 0.1) is 5.82 Å². The number of likely N-dealkylation sites (N-methyl/N-ethyl adjacent to an activating group) is 1. The SMILES string of the molecule is CN1C(=O)Cc2cc(S(=O)(=O)N3CCc4[nH]c5ccc(F)cc5c4C3)ccc21. The van der Waals surface area contributed by atoms with Crippen molar-refractivity contribution < 1.29 is 17.6 Å². The molecule has 3 heterocycles. The number of rotatable bonds is 2. The molecule has 3 aromatic rings. The molecule has 0 fully saturated rings. The summed E-state index contributed by atoms with van der Waals surface area (Å²) in [6, 6.07) is 9.34. The maximum atomic E-state index is 13.7. The number of H-pyrrole nitrogens is 1. The minimum Gasteiger partial charge on any atom is -0.358 e. The highest BCUT2D eigenvalue weighted by Crippen LogP contribution is 2.34. The van der Waals surface area contributed by atoms with Crippen LogP contribution in [0.1, 0.15) is 16.8 Å². The lowest BCUT2D eigenvalue weighted by atomic mass is 10.1. The van der Waals surface area contributed by atoms with Gasteiger partial charge in [-0.15, -0.1) is 0 Å². The Hall–Kier alpha value is -2.71. The van der Waals surface area contributed by atoms with Gasteiger partial charge in [0.05, 0.1) is 11.3 Å². The van der Waals surface area contributed by atoms with E-state index in [0.29, 0.717) is 13.0 Å². The van der Waals surface area contributed by atoms with Crippen molar-refractivity contribution in [2.75, 3.05) is 18.5 Å². The monoisotopic (exact) mass is 399 g/mol. The molecule has 28 heavy (non-hydrogen) atoms. The fraction of sp³-hybridized carbons (Fsp3) is 0.250. The van der Waals surface area contributed by atoms with E-state index in [0.717, 1.165) is 33.4 Å². The van der Waals surface area contributed by atoms with Crippen molar-refractivity contribution in [1.29, 1.82) is 0 Å². The highest BCUT2D eigenvalue weighted by molar-refractivity contribution is 7.89. The molecule has 144 valence electrons. The van der Waals surface area contributed by atoms with Gasteiger partial charge in [0.15, 0.2) is 0 Å². The summed E-state index contributed by atoms with van der Waals surface area (Å²) < 4.78 is 41.6. The maximum Gasteiger partial charge on any atom is 0.243 e. The van der Waals surface area contributed by atoms with E-state index in [1.165, 1.54) is 16.4 Å². The Morgan fingerprint density at radius 3 is 2.79 bits per heavy atom. The molecule has 1 amide bonds. The number of aromatic nitrogens is 1. The first kappa shape index (κ1) is 17.4. The lowest BCUT2D eigenvalue weighted by molar-refractivity contribution is -0.117. The molecule has 0 saturated carbocycles. The van der Waals surface area contributed by atoms with E-state index in [9.17, 15) is 17.6 Å². The third-order valence-corrected chi connectivity index (χ3v) is 7.51. The summed E-state index contributed by atoms with van der Waals surface area (Å²) in [7, 11) is -2.04. The number of nitrogens with zero attached hydrogens (tertiary/aromatic N) is 2. The van der Waals surface area contributed by atoms with E-state index in [4.69, 9.17) is 0 Å². The summed E-state index contributed by atoms with van der Waals surface area (Å²) in [6.07, 6.45) is 0.748. The van der Waals surface area contributed by atoms with Gasteiger partial charge in [-0.05, 0) is 47.5 Å². The normalized spacial score (nSPS) is 17.2. The third kappa shape index (κ3) is 2.48. The smallest absolute Gasteiger partial charge is 0.243 e. The molecular weight excluding hydrogens is 381 g/mol. The van der Waals surface area contributed by atoms with E-state index < -0.39 is 10.0 Å². The summed E-state index contributed by atoms with van der Waals surface area (Å²) in [6.45, 7) is 0.539. The number of nitrogens with one attached hydrogen (secondary N) is 1. The number of benzene rings is 2. The van der Waals surface area contributed by atoms with Gasteiger partial charge in [-0.25, -0.2) is 12.8 Å². The molecular formula is C20H18FN3O3S. The van der Waals surface area contributed by atoms with E-state index in [1.54, 1.807) is 36.2 Å². The van der Waals surface area contributed by atoms with Crippen LogP contribution in [0.4, 0.5) is 10.1 Å². The van der Waals surface area contributed by atoms with Gasteiger partial charge < -0.3 is 9.88 Å². The van der Waals surface area contributed by atoms with Crippen molar-refractivity contribution in [3.8, 4) is 0 Å². The molecule has 0 radical (unpaired) electrons. The Morgan fingerprint density at radius 2 is 1.96 bits per heavy atom. The molecule has 0 spiro atoms. The van der Waals surface area contributed by atoms with Gasteiger partial charge in [0, 0.05) is 48.8 Å². The highest BCUT2D eigenvalue weighted by atomic mass is 32.2. The largest absolute Gasteiger partial charge is 0.358 e. The number of hydrogen-bond donors (Lipinski definition) is 1. The lowest BCUT2D eigenvalue weighted by Gasteiger charge is -2.26. The number of hydrogen-bond acceptors (Lipinski definition) is 3. The van der Waals surface area contributed by atoms with Crippen molar-refractivity contribution in [2.24, 2.45) is 0 Å². The summed E-state index contributed by atoms with van der Waals surface area (Å²) >= 11 is 0. The summed E-state index contributed by atoms with van der Waals surface area (Å²) in [5.74, 6) is -0.394. The Labute approximate surface area is 161 Å². The first-order chi connectivity index (χ1) is 13.3. The van der Waals surface area contributed by atoms with Gasteiger partial charge in [-0.3, -0.25) is 4.79 Å². The molecule has 0 saturated heterocycles. The number of anilines is 1. The van der Waals surface area contributed by atoms with Crippen molar-refractivity contribution in [3.05, 3.63) is 59.0 Å². The van der Waals surface area contributed by atoms with E-state index >= 15 is 0 Å². The van der Waals surface area contributed by atoms with E-state index in [1.807, 2.05) is 0 Å². The number of aromatic amines is 1. The average Bonchev–Trinajstić information content (AvgIpc) is 3.18. The van der Waals surface area contributed by atoms with Crippen LogP contribution in [0.2, 0.25) is 0 Å². The Bertz CT molecular complexity index is 1250. The van der Waals surface area contributed by atoms with Crippen molar-refractivity contribution in [1.82, 2.24) is 9.29 Å². The Balaban J connectivity index is 1.52. The average molecular weight is 399 g/mol. The third-order valence-electron chi connectivity index (χ3n) is 5.67. The number of halogens is 1. The van der Waals surface area contributed by atoms with Crippen LogP contribution in [-0.2, 0) is 34.2 Å². The summed E-state index contributed by atoms with van der Waals surface area (Å²) in [5.41, 5.74) is 4.05. The molecule has 0 atom stereocenters. The molecule has 1 N–H and O–H groups in total. The second-order valence-electron chi connectivity index (χ2n) is 7.28. The molecule has 6 nitrogen and oxygen atoms in total.